The average molecular weight is 273 g/mol. The van der Waals surface area contributed by atoms with E-state index >= 15 is 0 Å². The summed E-state index contributed by atoms with van der Waals surface area (Å²) in [6.45, 7) is 7.31. The number of halogens is 1. The Morgan fingerprint density at radius 3 is 2.63 bits per heavy atom. The van der Waals surface area contributed by atoms with Gasteiger partial charge in [-0.2, -0.15) is 0 Å². The monoisotopic (exact) mass is 272 g/mol. The van der Waals surface area contributed by atoms with E-state index < -0.39 is 0 Å². The van der Waals surface area contributed by atoms with Gasteiger partial charge in [0.25, 0.3) is 0 Å². The van der Waals surface area contributed by atoms with Gasteiger partial charge in [0, 0.05) is 5.02 Å². The molecule has 1 aromatic carbocycles. The predicted molar refractivity (Wildman–Crippen MR) is 79.3 cm³/mol. The molecule has 19 heavy (non-hydrogen) atoms. The van der Waals surface area contributed by atoms with Crippen LogP contribution in [0, 0.1) is 0 Å². The van der Waals surface area contributed by atoms with Gasteiger partial charge in [-0.1, -0.05) is 36.9 Å². The third kappa shape index (κ3) is 2.77. The Morgan fingerprint density at radius 1 is 1.21 bits per heavy atom. The minimum absolute atomic E-state index is 0.119. The van der Waals surface area contributed by atoms with Crippen molar-refractivity contribution in [3.05, 3.63) is 59.2 Å². The van der Waals surface area contributed by atoms with E-state index in [4.69, 9.17) is 11.6 Å². The molecule has 0 bridgehead atoms. The molecule has 0 amide bonds. The zero-order valence-electron chi connectivity index (χ0n) is 10.2. The topological polar surface area (TPSA) is 48.9 Å². The number of nitrogens with one attached hydrogen (secondary N) is 1. The zero-order chi connectivity index (χ0) is 13.8. The highest BCUT2D eigenvalue weighted by Gasteiger charge is 2.08. The summed E-state index contributed by atoms with van der Waals surface area (Å²) < 4.78 is 0. The van der Waals surface area contributed by atoms with Gasteiger partial charge in [-0.05, 0) is 30.4 Å². The van der Waals surface area contributed by atoms with Crippen molar-refractivity contribution in [1.82, 2.24) is 9.97 Å². The first-order valence-electron chi connectivity index (χ1n) is 5.66. The van der Waals surface area contributed by atoms with Crippen LogP contribution in [0.4, 0.5) is 0 Å². The Labute approximate surface area is 115 Å². The van der Waals surface area contributed by atoms with Crippen LogP contribution in [0.1, 0.15) is 0 Å². The molecule has 0 aliphatic heterocycles. The maximum Gasteiger partial charge on any atom is 0.142 e. The minimum Gasteiger partial charge on any atom is -0.507 e. The summed E-state index contributed by atoms with van der Waals surface area (Å²) in [5.74, 6) is 0.662. The number of H-pyrrole nitrogens is 1. The lowest BCUT2D eigenvalue weighted by Gasteiger charge is -2.00. The molecule has 0 atom stereocenters. The van der Waals surface area contributed by atoms with E-state index in [1.54, 1.807) is 36.4 Å². The highest BCUT2D eigenvalue weighted by atomic mass is 35.5. The molecule has 0 saturated carbocycles. The fourth-order valence-electron chi connectivity index (χ4n) is 1.71. The number of imidazole rings is 1. The first-order chi connectivity index (χ1) is 9.15. The zero-order valence-corrected chi connectivity index (χ0v) is 11.0. The van der Waals surface area contributed by atoms with Gasteiger partial charge in [0.15, 0.2) is 0 Å². The standard InChI is InChI=1S/C15H13ClN2O/c1-3-5-12-13(6-4-2)18-15(17-12)11-9-10(16)7-8-14(11)19/h3-9,19H,1-2H2,(H,17,18)/b12-5+,13-6+. The number of rotatable bonds is 3. The SMILES string of the molecule is C=C/C=c1/nc(-c2cc(Cl)ccc2O)[nH]/c1=C/C=C. The fourth-order valence-corrected chi connectivity index (χ4v) is 1.88. The lowest BCUT2D eigenvalue weighted by Crippen LogP contribution is -2.23. The van der Waals surface area contributed by atoms with Crippen molar-refractivity contribution in [3.63, 3.8) is 0 Å². The predicted octanol–water partition coefficient (Wildman–Crippen LogP) is 2.37. The second-order valence-electron chi connectivity index (χ2n) is 3.85. The first kappa shape index (κ1) is 13.2. The Morgan fingerprint density at radius 2 is 1.95 bits per heavy atom. The Balaban J connectivity index is 2.71. The van der Waals surface area contributed by atoms with Gasteiger partial charge in [0.05, 0.1) is 16.3 Å². The van der Waals surface area contributed by atoms with Crippen molar-refractivity contribution in [2.75, 3.05) is 0 Å². The summed E-state index contributed by atoms with van der Waals surface area (Å²) in [7, 11) is 0. The molecule has 2 rings (SSSR count). The molecule has 2 aromatic rings. The van der Waals surface area contributed by atoms with Crippen molar-refractivity contribution in [3.8, 4) is 17.1 Å². The number of allylic oxidation sites excluding steroid dienone is 2. The van der Waals surface area contributed by atoms with Crippen LogP contribution in [-0.2, 0) is 0 Å². The highest BCUT2D eigenvalue weighted by Crippen LogP contribution is 2.28. The summed E-state index contributed by atoms with van der Waals surface area (Å²) in [4.78, 5) is 7.53. The molecular formula is C15H13ClN2O. The maximum atomic E-state index is 9.87. The van der Waals surface area contributed by atoms with E-state index in [9.17, 15) is 5.11 Å². The second-order valence-corrected chi connectivity index (χ2v) is 4.29. The normalized spacial score (nSPS) is 12.7. The van der Waals surface area contributed by atoms with Crippen LogP contribution in [0.5, 0.6) is 5.75 Å². The summed E-state index contributed by atoms with van der Waals surface area (Å²) in [6.07, 6.45) is 6.89. The molecule has 0 radical (unpaired) electrons. The fraction of sp³-hybridized carbons (Fsp3) is 0. The highest BCUT2D eigenvalue weighted by molar-refractivity contribution is 6.30. The third-order valence-electron chi connectivity index (χ3n) is 2.54. The number of phenolic OH excluding ortho intramolecular Hbond substituents is 1. The molecule has 3 nitrogen and oxygen atoms in total. The third-order valence-corrected chi connectivity index (χ3v) is 2.77. The van der Waals surface area contributed by atoms with E-state index in [2.05, 4.69) is 23.1 Å². The lowest BCUT2D eigenvalue weighted by molar-refractivity contribution is 0.477. The molecule has 96 valence electrons. The van der Waals surface area contributed by atoms with Gasteiger partial charge < -0.3 is 10.1 Å². The summed E-state index contributed by atoms with van der Waals surface area (Å²) >= 11 is 5.93. The van der Waals surface area contributed by atoms with Crippen LogP contribution < -0.4 is 10.7 Å². The van der Waals surface area contributed by atoms with Crippen LogP contribution in [0.15, 0.2) is 43.5 Å². The molecule has 0 fully saturated rings. The lowest BCUT2D eigenvalue weighted by atomic mass is 10.2. The van der Waals surface area contributed by atoms with Crippen molar-refractivity contribution in [2.45, 2.75) is 0 Å². The number of aromatic hydroxyl groups is 1. The molecule has 0 spiro atoms. The van der Waals surface area contributed by atoms with Crippen molar-refractivity contribution >= 4 is 23.8 Å². The molecule has 0 aliphatic rings. The molecule has 0 aliphatic carbocycles. The molecule has 0 saturated heterocycles. The van der Waals surface area contributed by atoms with Gasteiger partial charge in [0.2, 0.25) is 0 Å². The smallest absolute Gasteiger partial charge is 0.142 e. The maximum absolute atomic E-state index is 9.87. The van der Waals surface area contributed by atoms with Gasteiger partial charge in [-0.25, -0.2) is 4.98 Å². The van der Waals surface area contributed by atoms with Crippen LogP contribution in [0.2, 0.25) is 5.02 Å². The number of phenols is 1. The molecule has 1 heterocycles. The van der Waals surface area contributed by atoms with E-state index in [0.29, 0.717) is 16.4 Å². The summed E-state index contributed by atoms with van der Waals surface area (Å²) in [5, 5.41) is 11.9. The van der Waals surface area contributed by atoms with E-state index in [0.717, 1.165) is 10.7 Å². The van der Waals surface area contributed by atoms with Gasteiger partial charge in [-0.15, -0.1) is 0 Å². The summed E-state index contributed by atoms with van der Waals surface area (Å²) in [5.41, 5.74) is 0.551. The largest absolute Gasteiger partial charge is 0.507 e. The molecule has 2 N–H and O–H groups in total. The molecule has 1 aromatic heterocycles. The van der Waals surface area contributed by atoms with E-state index in [1.807, 2.05) is 0 Å². The van der Waals surface area contributed by atoms with Crippen molar-refractivity contribution < 1.29 is 5.11 Å². The van der Waals surface area contributed by atoms with Crippen molar-refractivity contribution in [1.29, 1.82) is 0 Å². The molecular weight excluding hydrogens is 260 g/mol. The Kier molecular flexibility index (Phi) is 3.88. The van der Waals surface area contributed by atoms with Crippen LogP contribution in [0.25, 0.3) is 23.5 Å². The average Bonchev–Trinajstić information content (AvgIpc) is 2.77. The number of hydrogen-bond donors (Lipinski definition) is 2. The Hall–Kier alpha value is -2.26. The van der Waals surface area contributed by atoms with Crippen LogP contribution >= 0.6 is 11.6 Å². The number of aromatic amines is 1. The number of nitrogens with zero attached hydrogens (tertiary/aromatic N) is 1. The van der Waals surface area contributed by atoms with E-state index in [1.165, 1.54) is 6.07 Å². The van der Waals surface area contributed by atoms with Gasteiger partial charge in [0.1, 0.15) is 11.6 Å². The van der Waals surface area contributed by atoms with Gasteiger partial charge in [-0.3, -0.25) is 0 Å². The van der Waals surface area contributed by atoms with Crippen LogP contribution in [-0.4, -0.2) is 15.1 Å². The minimum atomic E-state index is 0.119. The Bertz CT molecular complexity index is 706. The quantitative estimate of drug-likeness (QED) is 0.901. The summed E-state index contributed by atoms with van der Waals surface area (Å²) in [6, 6.07) is 4.82. The van der Waals surface area contributed by atoms with E-state index in [-0.39, 0.29) is 5.75 Å². The first-order valence-corrected chi connectivity index (χ1v) is 6.04. The van der Waals surface area contributed by atoms with Gasteiger partial charge >= 0.3 is 0 Å². The number of hydrogen-bond acceptors (Lipinski definition) is 2. The van der Waals surface area contributed by atoms with Crippen LogP contribution in [0.3, 0.4) is 0 Å². The molecule has 0 unspecified atom stereocenters. The number of benzene rings is 1. The molecule has 4 heteroatoms. The number of aromatic nitrogens is 2. The van der Waals surface area contributed by atoms with Crippen molar-refractivity contribution in [2.24, 2.45) is 0 Å². The second kappa shape index (κ2) is 5.59.